The Bertz CT molecular complexity index is 978. The van der Waals surface area contributed by atoms with Crippen LogP contribution in [-0.2, 0) is 20.8 Å². The number of aryl methyl sites for hydroxylation is 1. The molecule has 1 aromatic heterocycles. The van der Waals surface area contributed by atoms with Crippen molar-refractivity contribution in [2.75, 3.05) is 13.2 Å². The van der Waals surface area contributed by atoms with Gasteiger partial charge in [0.05, 0.1) is 11.2 Å². The molecule has 0 aliphatic heterocycles. The molecule has 1 atom stereocenters. The third kappa shape index (κ3) is 9.61. The lowest BCUT2D eigenvalue weighted by Crippen LogP contribution is -2.35. The highest BCUT2D eigenvalue weighted by atomic mass is 35.5. The van der Waals surface area contributed by atoms with Crippen LogP contribution in [0.15, 0.2) is 30.6 Å². The molecule has 10 heteroatoms. The number of nitrogens with one attached hydrogen (secondary N) is 1. The Hall–Kier alpha value is -2.78. The molecule has 2 aromatic rings. The van der Waals surface area contributed by atoms with Crippen LogP contribution in [0.4, 0.5) is 4.79 Å². The molecule has 188 valence electrons. The van der Waals surface area contributed by atoms with E-state index < -0.39 is 29.4 Å². The molecule has 34 heavy (non-hydrogen) atoms. The number of esters is 1. The van der Waals surface area contributed by atoms with Crippen LogP contribution in [0.5, 0.6) is 5.75 Å². The van der Waals surface area contributed by atoms with Crippen molar-refractivity contribution in [2.45, 2.75) is 71.8 Å². The number of aliphatic hydroxyl groups is 1. The van der Waals surface area contributed by atoms with Gasteiger partial charge >= 0.3 is 12.1 Å². The number of halogens is 1. The topological polar surface area (TPSA) is 112 Å². The van der Waals surface area contributed by atoms with Crippen LogP contribution < -0.4 is 10.1 Å². The first kappa shape index (κ1) is 27.5. The fourth-order valence-electron chi connectivity index (χ4n) is 2.80. The van der Waals surface area contributed by atoms with Crippen molar-refractivity contribution in [3.63, 3.8) is 0 Å². The number of alkyl carbamates (subject to hydrolysis) is 1. The summed E-state index contributed by atoms with van der Waals surface area (Å²) in [7, 11) is 0. The first-order valence-electron chi connectivity index (χ1n) is 11.1. The van der Waals surface area contributed by atoms with E-state index in [4.69, 9.17) is 25.8 Å². The van der Waals surface area contributed by atoms with Gasteiger partial charge < -0.3 is 24.6 Å². The maximum Gasteiger partial charge on any atom is 0.407 e. The number of amides is 1. The molecule has 0 radical (unpaired) electrons. The summed E-state index contributed by atoms with van der Waals surface area (Å²) in [5, 5.41) is 17.4. The van der Waals surface area contributed by atoms with Crippen molar-refractivity contribution in [2.24, 2.45) is 0 Å². The van der Waals surface area contributed by atoms with Gasteiger partial charge in [0.2, 0.25) is 0 Å². The maximum absolute atomic E-state index is 11.9. The van der Waals surface area contributed by atoms with E-state index in [1.807, 2.05) is 27.0 Å². The molecule has 9 nitrogen and oxygen atoms in total. The van der Waals surface area contributed by atoms with Gasteiger partial charge in [-0.05, 0) is 66.2 Å². The number of hydrogen-bond acceptors (Lipinski definition) is 7. The molecule has 1 unspecified atom stereocenters. The molecular formula is C24H34ClN3O6. The zero-order valence-electron chi connectivity index (χ0n) is 20.6. The van der Waals surface area contributed by atoms with E-state index in [1.54, 1.807) is 49.8 Å². The third-order valence-corrected chi connectivity index (χ3v) is 4.52. The fraction of sp³-hybridized carbons (Fsp3) is 0.542. The van der Waals surface area contributed by atoms with E-state index in [2.05, 4.69) is 10.4 Å². The zero-order chi connectivity index (χ0) is 25.5. The smallest absolute Gasteiger partial charge is 0.407 e. The standard InChI is InChI=1S/C24H34ClN3O6/c1-23(2,3)33-21(30)20(29)15-32-17-8-9-18(19(25)12-17)16-13-27-28(14-16)11-7-10-26-22(31)34-24(4,5)6/h8-9,12-14,20,29H,7,10-11,15H2,1-6H3,(H,26,31). The van der Waals surface area contributed by atoms with Gasteiger partial charge in [0, 0.05) is 30.4 Å². The number of carbonyl (C=O) groups excluding carboxylic acids is 2. The Morgan fingerprint density at radius 1 is 1.15 bits per heavy atom. The lowest BCUT2D eigenvalue weighted by atomic mass is 10.1. The van der Waals surface area contributed by atoms with Gasteiger partial charge in [-0.2, -0.15) is 5.10 Å². The van der Waals surface area contributed by atoms with Crippen molar-refractivity contribution in [3.8, 4) is 16.9 Å². The Labute approximate surface area is 205 Å². The SMILES string of the molecule is CC(C)(C)OC(=O)NCCCn1cc(-c2ccc(OCC(O)C(=O)OC(C)(C)C)cc2Cl)cn1. The van der Waals surface area contributed by atoms with Gasteiger partial charge in [-0.1, -0.05) is 11.6 Å². The second kappa shape index (κ2) is 11.6. The van der Waals surface area contributed by atoms with Crippen LogP contribution in [0, 0.1) is 0 Å². The van der Waals surface area contributed by atoms with Crippen LogP contribution in [-0.4, -0.2) is 57.4 Å². The quantitative estimate of drug-likeness (QED) is 0.396. The minimum absolute atomic E-state index is 0.250. The molecule has 2 rings (SSSR count). The highest BCUT2D eigenvalue weighted by Crippen LogP contribution is 2.31. The number of ether oxygens (including phenoxy) is 3. The first-order valence-corrected chi connectivity index (χ1v) is 11.4. The highest BCUT2D eigenvalue weighted by Gasteiger charge is 2.24. The highest BCUT2D eigenvalue weighted by molar-refractivity contribution is 6.33. The summed E-state index contributed by atoms with van der Waals surface area (Å²) >= 11 is 6.42. The van der Waals surface area contributed by atoms with Crippen molar-refractivity contribution >= 4 is 23.7 Å². The summed E-state index contributed by atoms with van der Waals surface area (Å²) in [6.07, 6.45) is 2.40. The largest absolute Gasteiger partial charge is 0.490 e. The van der Waals surface area contributed by atoms with Crippen molar-refractivity contribution in [3.05, 3.63) is 35.6 Å². The van der Waals surface area contributed by atoms with Crippen molar-refractivity contribution < 1.29 is 28.9 Å². The van der Waals surface area contributed by atoms with Gasteiger partial charge in [0.25, 0.3) is 0 Å². The number of aliphatic hydroxyl groups excluding tert-OH is 1. The van der Waals surface area contributed by atoms with Gasteiger partial charge in [0.15, 0.2) is 6.10 Å². The van der Waals surface area contributed by atoms with E-state index in [-0.39, 0.29) is 6.61 Å². The number of nitrogens with zero attached hydrogens (tertiary/aromatic N) is 2. The lowest BCUT2D eigenvalue weighted by Gasteiger charge is -2.21. The number of rotatable bonds is 9. The predicted octanol–water partition coefficient (Wildman–Crippen LogP) is 4.20. The second-order valence-electron chi connectivity index (χ2n) is 9.78. The number of carbonyl (C=O) groups is 2. The molecule has 0 aliphatic rings. The van der Waals surface area contributed by atoms with Crippen LogP contribution in [0.2, 0.25) is 5.02 Å². The van der Waals surface area contributed by atoms with E-state index in [0.717, 1.165) is 11.1 Å². The minimum atomic E-state index is -1.40. The van der Waals surface area contributed by atoms with Gasteiger partial charge in [-0.25, -0.2) is 9.59 Å². The molecule has 0 fully saturated rings. The Morgan fingerprint density at radius 2 is 1.82 bits per heavy atom. The normalized spacial score (nSPS) is 12.7. The van der Waals surface area contributed by atoms with Gasteiger partial charge in [-0.3, -0.25) is 4.68 Å². The molecule has 0 aliphatic carbocycles. The molecular weight excluding hydrogens is 462 g/mol. The average Bonchev–Trinajstić information content (AvgIpc) is 3.15. The minimum Gasteiger partial charge on any atom is -0.490 e. The van der Waals surface area contributed by atoms with Crippen LogP contribution in [0.25, 0.3) is 11.1 Å². The molecule has 1 amide bonds. The summed E-state index contributed by atoms with van der Waals surface area (Å²) in [6, 6.07) is 5.09. The zero-order valence-corrected chi connectivity index (χ0v) is 21.3. The van der Waals surface area contributed by atoms with E-state index >= 15 is 0 Å². The molecule has 1 heterocycles. The Morgan fingerprint density at radius 3 is 2.44 bits per heavy atom. The van der Waals surface area contributed by atoms with Crippen molar-refractivity contribution in [1.29, 1.82) is 0 Å². The van der Waals surface area contributed by atoms with E-state index in [0.29, 0.717) is 30.3 Å². The molecule has 0 saturated heterocycles. The number of benzene rings is 1. The molecule has 2 N–H and O–H groups in total. The Kier molecular flexibility index (Phi) is 9.35. The van der Waals surface area contributed by atoms with Crippen LogP contribution in [0.3, 0.4) is 0 Å². The third-order valence-electron chi connectivity index (χ3n) is 4.20. The Balaban J connectivity index is 1.86. The molecule has 1 aromatic carbocycles. The first-order chi connectivity index (χ1) is 15.7. The number of hydrogen-bond donors (Lipinski definition) is 2. The van der Waals surface area contributed by atoms with Crippen LogP contribution in [0.1, 0.15) is 48.0 Å². The van der Waals surface area contributed by atoms with Crippen LogP contribution >= 0.6 is 11.6 Å². The summed E-state index contributed by atoms with van der Waals surface area (Å²) in [4.78, 5) is 23.5. The molecule has 0 spiro atoms. The second-order valence-corrected chi connectivity index (χ2v) is 10.2. The average molecular weight is 496 g/mol. The fourth-order valence-corrected chi connectivity index (χ4v) is 3.08. The lowest BCUT2D eigenvalue weighted by molar-refractivity contribution is -0.166. The van der Waals surface area contributed by atoms with Gasteiger partial charge in [-0.15, -0.1) is 0 Å². The van der Waals surface area contributed by atoms with E-state index in [1.165, 1.54) is 0 Å². The molecule has 0 saturated carbocycles. The maximum atomic E-state index is 11.9. The summed E-state index contributed by atoms with van der Waals surface area (Å²) in [5.74, 6) is -0.333. The van der Waals surface area contributed by atoms with Crippen molar-refractivity contribution in [1.82, 2.24) is 15.1 Å². The summed E-state index contributed by atoms with van der Waals surface area (Å²) in [6.45, 7) is 11.4. The van der Waals surface area contributed by atoms with E-state index in [9.17, 15) is 14.7 Å². The summed E-state index contributed by atoms with van der Waals surface area (Å²) in [5.41, 5.74) is 0.367. The number of aromatic nitrogens is 2. The predicted molar refractivity (Wildman–Crippen MR) is 129 cm³/mol. The van der Waals surface area contributed by atoms with Gasteiger partial charge in [0.1, 0.15) is 23.6 Å². The monoisotopic (exact) mass is 495 g/mol. The molecule has 0 bridgehead atoms. The summed E-state index contributed by atoms with van der Waals surface area (Å²) < 4.78 is 17.6.